The lowest BCUT2D eigenvalue weighted by Crippen LogP contribution is -2.19. The van der Waals surface area contributed by atoms with Crippen LogP contribution in [0.3, 0.4) is 0 Å². The molecule has 3 aliphatic heterocycles. The van der Waals surface area contributed by atoms with Crippen molar-refractivity contribution in [2.24, 2.45) is 15.9 Å². The van der Waals surface area contributed by atoms with Crippen LogP contribution in [0.15, 0.2) is 195 Å². The highest BCUT2D eigenvalue weighted by Gasteiger charge is 2.43. The molecule has 8 heterocycles. The van der Waals surface area contributed by atoms with Crippen LogP contribution in [0.4, 0.5) is 0 Å². The highest BCUT2D eigenvalue weighted by Crippen LogP contribution is 2.51. The molecule has 0 radical (unpaired) electrons. The molecule has 2 unspecified atom stereocenters. The molecule has 0 saturated heterocycles. The minimum absolute atomic E-state index is 0.192. The van der Waals surface area contributed by atoms with Crippen LogP contribution in [-0.2, 0) is 0 Å². The van der Waals surface area contributed by atoms with Crippen LogP contribution in [0.2, 0.25) is 0 Å². The maximum absolute atomic E-state index is 15.8. The molecule has 3 N–H and O–H groups in total. The van der Waals surface area contributed by atoms with E-state index in [9.17, 15) is 5.11 Å². The van der Waals surface area contributed by atoms with Gasteiger partial charge in [0, 0.05) is 86.5 Å². The number of allylic oxidation sites excluding steroid dienone is 10. The van der Waals surface area contributed by atoms with E-state index in [-0.39, 0.29) is 5.43 Å². The Balaban J connectivity index is 1.04. The zero-order valence-corrected chi connectivity index (χ0v) is 52.4. The molecule has 86 heavy (non-hydrogen) atoms. The molecule has 5 aliphatic rings. The number of hydrogen-bond acceptors (Lipinski definition) is 6. The quantitative estimate of drug-likeness (QED) is 0.160. The molecule has 0 saturated carbocycles. The maximum atomic E-state index is 15.8. The topological polar surface area (TPSA) is 93.6 Å². The molecule has 0 spiro atoms. The normalized spacial score (nSPS) is 17.6. The average molecular weight is 1160 g/mol. The molecule has 6 nitrogen and oxygen atoms in total. The second-order valence-electron chi connectivity index (χ2n) is 24.7. The van der Waals surface area contributed by atoms with Crippen LogP contribution >= 0.6 is 22.7 Å². The number of nitrogens with zero attached hydrogens (tertiary/aromatic N) is 2. The van der Waals surface area contributed by atoms with E-state index in [1.54, 1.807) is 22.7 Å². The van der Waals surface area contributed by atoms with Gasteiger partial charge in [-0.3, -0.25) is 4.79 Å². The molecule has 4 aromatic carbocycles. The van der Waals surface area contributed by atoms with Crippen LogP contribution in [0.5, 0.6) is 0 Å². The Kier molecular flexibility index (Phi) is 13.5. The van der Waals surface area contributed by atoms with E-state index in [2.05, 4.69) is 233 Å². The van der Waals surface area contributed by atoms with Gasteiger partial charge in [0.2, 0.25) is 0 Å². The fourth-order valence-electron chi connectivity index (χ4n) is 15.0. The van der Waals surface area contributed by atoms with E-state index >= 15 is 4.79 Å². The van der Waals surface area contributed by atoms with Crippen LogP contribution in [0.25, 0.3) is 64.9 Å². The SMILES string of the molecule is Cc1cc(C)c(C2=C3C=CC(=N3)C=C3C=CC(=CC4=NC(=C(c5c(C)cc(C)cc5C)c5ccc2s5)C=C4)C3C2c3cc4ccc([nH]4)c(-c4c(C)cc(C)cc4C)c4ccc(s4)c(-c4c(C)cc(C)cc4C)c4ccc(cc(c3=O)C2O)[nH]4)c(C)c1. The Bertz CT molecular complexity index is 4770. The first-order valence-electron chi connectivity index (χ1n) is 29.8. The monoisotopic (exact) mass is 1160 g/mol. The number of rotatable bonds is 5. The van der Waals surface area contributed by atoms with Crippen molar-refractivity contribution in [1.82, 2.24) is 9.97 Å². The fraction of sp³-hybridized carbons (Fsp3) is 0.192. The number of thiophene rings is 2. The molecular formula is C78H68N4O2S2. The van der Waals surface area contributed by atoms with Crippen molar-refractivity contribution < 1.29 is 5.11 Å². The predicted octanol–water partition coefficient (Wildman–Crippen LogP) is 19.4. The first kappa shape index (κ1) is 55.1. The lowest BCUT2D eigenvalue weighted by Gasteiger charge is -2.26. The van der Waals surface area contributed by atoms with E-state index < -0.39 is 17.9 Å². The highest BCUT2D eigenvalue weighted by molar-refractivity contribution is 7.24. The summed E-state index contributed by atoms with van der Waals surface area (Å²) in [6.45, 7) is 26.3. The van der Waals surface area contributed by atoms with Gasteiger partial charge in [0.05, 0.1) is 28.9 Å². The minimum Gasteiger partial charge on any atom is -0.388 e. The van der Waals surface area contributed by atoms with Gasteiger partial charge in [0.25, 0.3) is 0 Å². The highest BCUT2D eigenvalue weighted by atomic mass is 32.1. The zero-order valence-electron chi connectivity index (χ0n) is 50.8. The third kappa shape index (κ3) is 9.37. The Morgan fingerprint density at radius 2 is 0.791 bits per heavy atom. The van der Waals surface area contributed by atoms with Crippen LogP contribution < -0.4 is 5.43 Å². The van der Waals surface area contributed by atoms with E-state index in [4.69, 9.17) is 9.98 Å². The summed E-state index contributed by atoms with van der Waals surface area (Å²) in [6, 6.07) is 39.5. The molecule has 5 aromatic heterocycles. The minimum atomic E-state index is -1.19. The largest absolute Gasteiger partial charge is 0.388 e. The molecular weight excluding hydrogens is 1090 g/mol. The lowest BCUT2D eigenvalue weighted by atomic mass is 9.78. The molecule has 2 aliphatic carbocycles. The van der Waals surface area contributed by atoms with Crippen molar-refractivity contribution in [3.8, 4) is 22.3 Å². The number of aromatic amines is 2. The van der Waals surface area contributed by atoms with Crippen molar-refractivity contribution in [3.05, 3.63) is 289 Å². The predicted molar refractivity (Wildman–Crippen MR) is 365 cm³/mol. The van der Waals surface area contributed by atoms with Gasteiger partial charge < -0.3 is 15.1 Å². The number of hydrogen-bond donors (Lipinski definition) is 3. The summed E-state index contributed by atoms with van der Waals surface area (Å²) in [4.78, 5) is 36.7. The number of aliphatic imine (C=N–C) groups is 2. The van der Waals surface area contributed by atoms with E-state index in [0.717, 1.165) is 97.5 Å². The molecule has 14 rings (SSSR count). The van der Waals surface area contributed by atoms with E-state index in [1.165, 1.54) is 89.0 Å². The summed E-state index contributed by atoms with van der Waals surface area (Å²) in [5.74, 6) is -1.17. The van der Waals surface area contributed by atoms with Gasteiger partial charge in [-0.05, 0) is 258 Å². The molecule has 2 atom stereocenters. The van der Waals surface area contributed by atoms with Gasteiger partial charge in [-0.1, -0.05) is 82.9 Å². The molecule has 0 amide bonds. The van der Waals surface area contributed by atoms with Gasteiger partial charge in [0.1, 0.15) is 0 Å². The second-order valence-corrected chi connectivity index (χ2v) is 26.9. The number of H-pyrrole nitrogens is 2. The Labute approximate surface area is 511 Å². The van der Waals surface area contributed by atoms with Crippen LogP contribution in [-0.4, -0.2) is 26.5 Å². The number of fused-ring (bicyclic) bond motifs is 14. The Morgan fingerprint density at radius 1 is 0.407 bits per heavy atom. The maximum Gasteiger partial charge on any atom is 0.188 e. The number of aromatic nitrogens is 2. The molecule has 8 heteroatoms. The van der Waals surface area contributed by atoms with Gasteiger partial charge in [-0.2, -0.15) is 0 Å². The first-order valence-corrected chi connectivity index (χ1v) is 31.4. The third-order valence-corrected chi connectivity index (χ3v) is 20.3. The molecule has 9 aromatic rings. The zero-order chi connectivity index (χ0) is 59.7. The number of aryl methyl sites for hydroxylation is 12. The van der Waals surface area contributed by atoms with Crippen molar-refractivity contribution in [3.63, 3.8) is 0 Å². The standard InChI is InChI=1S/C78H68N4O2S2/c1-39-27-43(5)67(44(6)28-39)73-59-19-15-53(79-59)35-51-13-14-52(36-54-16-20-60(80-54)74(64-24-23-63(73)85-64)68-45(7)29-40(2)30-46(68)8)71(51)72-57-37-55-17-21-61(81-55)75(69-47(9)31-41(3)32-48(69)10)65-25-26-66(86-65)76(70-49(11)33-42(4)34-50(70)12)62-22-18-56(82-62)38-58(77(57)83)78(72)84/h13-38,71-72,78,81-82,84H,1-12H3. The molecule has 0 fully saturated rings. The summed E-state index contributed by atoms with van der Waals surface area (Å²) in [7, 11) is 0. The summed E-state index contributed by atoms with van der Waals surface area (Å²) < 4.78 is 2.26. The van der Waals surface area contributed by atoms with Crippen molar-refractivity contribution in [1.29, 1.82) is 0 Å². The number of aliphatic hydroxyl groups excluding tert-OH is 1. The van der Waals surface area contributed by atoms with E-state index in [1.807, 2.05) is 18.2 Å². The first-order chi connectivity index (χ1) is 41.3. The molecule has 424 valence electrons. The number of nitrogens with one attached hydrogen (secondary N) is 2. The Morgan fingerprint density at radius 3 is 1.20 bits per heavy atom. The van der Waals surface area contributed by atoms with Gasteiger partial charge >= 0.3 is 0 Å². The summed E-state index contributed by atoms with van der Waals surface area (Å²) in [6.07, 6.45) is 16.0. The number of benzene rings is 4. The summed E-state index contributed by atoms with van der Waals surface area (Å²) in [5.41, 5.74) is 32.8. The van der Waals surface area contributed by atoms with Crippen LogP contribution in [0, 0.1) is 89.0 Å². The van der Waals surface area contributed by atoms with Crippen molar-refractivity contribution in [2.45, 2.75) is 95.1 Å². The summed E-state index contributed by atoms with van der Waals surface area (Å²) >= 11 is 3.58. The van der Waals surface area contributed by atoms with Crippen molar-refractivity contribution >= 4 is 76.7 Å². The summed E-state index contributed by atoms with van der Waals surface area (Å²) in [5, 5.41) is 13.4. The molecule has 16 bridgehead atoms. The van der Waals surface area contributed by atoms with Crippen molar-refractivity contribution in [2.75, 3.05) is 0 Å². The van der Waals surface area contributed by atoms with E-state index in [0.29, 0.717) is 11.1 Å². The van der Waals surface area contributed by atoms with Gasteiger partial charge in [-0.15, -0.1) is 22.7 Å². The Hall–Kier alpha value is -8.79. The van der Waals surface area contributed by atoms with Gasteiger partial charge in [0.15, 0.2) is 5.43 Å². The average Bonchev–Trinajstić information content (AvgIpc) is 1.77. The van der Waals surface area contributed by atoms with Crippen LogP contribution in [0.1, 0.15) is 111 Å². The third-order valence-electron chi connectivity index (χ3n) is 18.0. The smallest absolute Gasteiger partial charge is 0.188 e. The fourth-order valence-corrected chi connectivity index (χ4v) is 17.2. The number of aliphatic hydroxyl groups is 1. The van der Waals surface area contributed by atoms with Gasteiger partial charge in [-0.25, -0.2) is 9.98 Å². The second kappa shape index (κ2) is 21.0. The lowest BCUT2D eigenvalue weighted by molar-refractivity contribution is 0.140.